The number of hydrogen-bond donors (Lipinski definition) is 2. The van der Waals surface area contributed by atoms with Crippen LogP contribution in [0, 0.1) is 10.1 Å². The van der Waals surface area contributed by atoms with E-state index in [1.54, 1.807) is 30.3 Å². The van der Waals surface area contributed by atoms with Crippen molar-refractivity contribution in [1.82, 2.24) is 0 Å². The third kappa shape index (κ3) is 5.10. The Balaban J connectivity index is 1.82. The topological polar surface area (TPSA) is 145 Å². The normalized spacial score (nSPS) is 11.5. The number of sulfonamides is 2. The van der Waals surface area contributed by atoms with E-state index >= 15 is 0 Å². The first-order chi connectivity index (χ1) is 14.6. The van der Waals surface area contributed by atoms with E-state index in [1.165, 1.54) is 37.4 Å². The van der Waals surface area contributed by atoms with Crippen molar-refractivity contribution in [3.8, 4) is 5.75 Å². The number of benzene rings is 3. The molecule has 3 rings (SSSR count). The molecule has 162 valence electrons. The molecule has 0 saturated carbocycles. The van der Waals surface area contributed by atoms with E-state index in [-0.39, 0.29) is 21.2 Å². The smallest absolute Gasteiger partial charge is 0.312 e. The second-order valence-corrected chi connectivity index (χ2v) is 9.56. The first-order valence-corrected chi connectivity index (χ1v) is 11.6. The Hall–Kier alpha value is -3.64. The molecule has 0 bridgehead atoms. The van der Waals surface area contributed by atoms with E-state index in [1.807, 2.05) is 0 Å². The third-order valence-electron chi connectivity index (χ3n) is 4.10. The van der Waals surface area contributed by atoms with Gasteiger partial charge in [0.25, 0.3) is 20.0 Å². The molecule has 3 aromatic carbocycles. The van der Waals surface area contributed by atoms with Crippen LogP contribution in [0.3, 0.4) is 0 Å². The minimum absolute atomic E-state index is 0.0700. The predicted octanol–water partition coefficient (Wildman–Crippen LogP) is 3.21. The summed E-state index contributed by atoms with van der Waals surface area (Å²) in [6.45, 7) is 0. The van der Waals surface area contributed by atoms with Crippen molar-refractivity contribution in [2.24, 2.45) is 0 Å². The van der Waals surface area contributed by atoms with E-state index in [0.29, 0.717) is 5.69 Å². The molecular weight excluding hydrogens is 446 g/mol. The number of anilines is 2. The van der Waals surface area contributed by atoms with Gasteiger partial charge in [-0.3, -0.25) is 19.6 Å². The summed E-state index contributed by atoms with van der Waals surface area (Å²) in [5, 5.41) is 11.1. The van der Waals surface area contributed by atoms with E-state index < -0.39 is 30.7 Å². The van der Waals surface area contributed by atoms with Crippen molar-refractivity contribution in [2.75, 3.05) is 16.6 Å². The standard InChI is InChI=1S/C19H17N3O7S2/c1-29-19-12-11-17(13-18(19)22(23)24)31(27,28)21-15-7-9-16(10-8-15)30(25,26)20-14-5-3-2-4-6-14/h2-13,20-21H,1H3. The Labute approximate surface area is 178 Å². The maximum Gasteiger partial charge on any atom is 0.312 e. The summed E-state index contributed by atoms with van der Waals surface area (Å²) in [4.78, 5) is 9.96. The molecule has 0 aliphatic heterocycles. The molecule has 0 heterocycles. The lowest BCUT2D eigenvalue weighted by Crippen LogP contribution is -2.15. The van der Waals surface area contributed by atoms with Gasteiger partial charge >= 0.3 is 5.69 Å². The van der Waals surface area contributed by atoms with Crippen LogP contribution in [0.25, 0.3) is 0 Å². The van der Waals surface area contributed by atoms with Crippen molar-refractivity contribution in [3.05, 3.63) is 82.9 Å². The highest BCUT2D eigenvalue weighted by Gasteiger charge is 2.22. The van der Waals surface area contributed by atoms with Crippen LogP contribution < -0.4 is 14.2 Å². The minimum Gasteiger partial charge on any atom is -0.490 e. The zero-order valence-corrected chi connectivity index (χ0v) is 17.7. The van der Waals surface area contributed by atoms with Crippen molar-refractivity contribution >= 4 is 37.1 Å². The van der Waals surface area contributed by atoms with Crippen molar-refractivity contribution in [1.29, 1.82) is 0 Å². The number of ether oxygens (including phenoxy) is 1. The molecule has 31 heavy (non-hydrogen) atoms. The molecule has 0 radical (unpaired) electrons. The Bertz CT molecular complexity index is 1310. The van der Waals surface area contributed by atoms with Gasteiger partial charge in [-0.15, -0.1) is 0 Å². The van der Waals surface area contributed by atoms with Crippen LogP contribution in [-0.2, 0) is 20.0 Å². The molecule has 0 aliphatic carbocycles. The number of nitrogens with one attached hydrogen (secondary N) is 2. The highest BCUT2D eigenvalue weighted by Crippen LogP contribution is 2.30. The van der Waals surface area contributed by atoms with Gasteiger partial charge in [0.15, 0.2) is 5.75 Å². The third-order valence-corrected chi connectivity index (χ3v) is 6.88. The van der Waals surface area contributed by atoms with Gasteiger partial charge in [0.05, 0.1) is 21.8 Å². The van der Waals surface area contributed by atoms with Crippen LogP contribution in [0.15, 0.2) is 82.6 Å². The fraction of sp³-hybridized carbons (Fsp3) is 0.0526. The van der Waals surface area contributed by atoms with Gasteiger partial charge in [-0.05, 0) is 48.5 Å². The second kappa shape index (κ2) is 8.62. The summed E-state index contributed by atoms with van der Waals surface area (Å²) in [6, 6.07) is 16.5. The first kappa shape index (κ1) is 22.1. The van der Waals surface area contributed by atoms with Crippen LogP contribution in [0.5, 0.6) is 5.75 Å². The molecule has 12 heteroatoms. The van der Waals surface area contributed by atoms with E-state index in [0.717, 1.165) is 12.1 Å². The molecular formula is C19H17N3O7S2. The fourth-order valence-electron chi connectivity index (χ4n) is 2.62. The average molecular weight is 463 g/mol. The Morgan fingerprint density at radius 1 is 0.774 bits per heavy atom. The largest absolute Gasteiger partial charge is 0.490 e. The summed E-state index contributed by atoms with van der Waals surface area (Å²) in [6.07, 6.45) is 0. The van der Waals surface area contributed by atoms with Crippen LogP contribution in [-0.4, -0.2) is 28.9 Å². The molecule has 10 nitrogen and oxygen atoms in total. The van der Waals surface area contributed by atoms with Crippen LogP contribution in [0.1, 0.15) is 0 Å². The van der Waals surface area contributed by atoms with Gasteiger partial charge in [-0.2, -0.15) is 0 Å². The van der Waals surface area contributed by atoms with E-state index in [2.05, 4.69) is 9.44 Å². The number of para-hydroxylation sites is 1. The second-order valence-electron chi connectivity index (χ2n) is 6.19. The number of nitrogens with zero attached hydrogens (tertiary/aromatic N) is 1. The highest BCUT2D eigenvalue weighted by atomic mass is 32.2. The maximum absolute atomic E-state index is 12.6. The zero-order chi connectivity index (χ0) is 22.6. The Morgan fingerprint density at radius 2 is 1.29 bits per heavy atom. The molecule has 0 saturated heterocycles. The van der Waals surface area contributed by atoms with Gasteiger partial charge in [0, 0.05) is 17.4 Å². The summed E-state index contributed by atoms with van der Waals surface area (Å²) in [7, 11) is -6.80. The molecule has 0 fully saturated rings. The molecule has 0 aromatic heterocycles. The van der Waals surface area contributed by atoms with Crippen LogP contribution in [0.4, 0.5) is 17.1 Å². The van der Waals surface area contributed by atoms with Crippen molar-refractivity contribution < 1.29 is 26.5 Å². The lowest BCUT2D eigenvalue weighted by Gasteiger charge is -2.11. The molecule has 0 amide bonds. The maximum atomic E-state index is 12.6. The summed E-state index contributed by atoms with van der Waals surface area (Å²) in [5.41, 5.74) is -0.0377. The van der Waals surface area contributed by atoms with Crippen LogP contribution >= 0.6 is 0 Å². The molecule has 3 aromatic rings. The summed E-state index contributed by atoms with van der Waals surface area (Å²) in [5.74, 6) is -0.0792. The molecule has 0 spiro atoms. The lowest BCUT2D eigenvalue weighted by atomic mass is 10.3. The molecule has 2 N–H and O–H groups in total. The highest BCUT2D eigenvalue weighted by molar-refractivity contribution is 7.93. The first-order valence-electron chi connectivity index (χ1n) is 8.65. The quantitative estimate of drug-likeness (QED) is 0.385. The fourth-order valence-corrected chi connectivity index (χ4v) is 4.75. The number of methoxy groups -OCH3 is 1. The summed E-state index contributed by atoms with van der Waals surface area (Å²) >= 11 is 0. The number of rotatable bonds is 8. The van der Waals surface area contributed by atoms with Crippen LogP contribution in [0.2, 0.25) is 0 Å². The van der Waals surface area contributed by atoms with Gasteiger partial charge in [-0.1, -0.05) is 18.2 Å². The SMILES string of the molecule is COc1ccc(S(=O)(=O)Nc2ccc(S(=O)(=O)Nc3ccccc3)cc2)cc1[N+](=O)[O-]. The number of nitro benzene ring substituents is 1. The predicted molar refractivity (Wildman–Crippen MR) is 114 cm³/mol. The zero-order valence-electron chi connectivity index (χ0n) is 16.0. The molecule has 0 atom stereocenters. The molecule has 0 unspecified atom stereocenters. The Morgan fingerprint density at radius 3 is 1.84 bits per heavy atom. The lowest BCUT2D eigenvalue weighted by molar-refractivity contribution is -0.386. The van der Waals surface area contributed by atoms with Gasteiger partial charge in [-0.25, -0.2) is 16.8 Å². The van der Waals surface area contributed by atoms with Gasteiger partial charge in [0.1, 0.15) is 0 Å². The number of hydrogen-bond acceptors (Lipinski definition) is 7. The monoisotopic (exact) mass is 463 g/mol. The van der Waals surface area contributed by atoms with E-state index in [9.17, 15) is 26.9 Å². The Kier molecular flexibility index (Phi) is 6.13. The van der Waals surface area contributed by atoms with Gasteiger partial charge in [0.2, 0.25) is 0 Å². The van der Waals surface area contributed by atoms with Gasteiger partial charge < -0.3 is 4.74 Å². The summed E-state index contributed by atoms with van der Waals surface area (Å²) < 4.78 is 59.6. The minimum atomic E-state index is -4.17. The average Bonchev–Trinajstić information content (AvgIpc) is 2.73. The van der Waals surface area contributed by atoms with E-state index in [4.69, 9.17) is 4.74 Å². The van der Waals surface area contributed by atoms with Crippen molar-refractivity contribution in [2.45, 2.75) is 9.79 Å². The number of nitro groups is 1. The molecule has 0 aliphatic rings. The van der Waals surface area contributed by atoms with Crippen molar-refractivity contribution in [3.63, 3.8) is 0 Å².